The largest absolute Gasteiger partial charge is 0.484 e. The molecule has 3 aromatic rings. The lowest BCUT2D eigenvalue weighted by Gasteiger charge is -2.23. The minimum Gasteiger partial charge on any atom is -0.484 e. The fourth-order valence-electron chi connectivity index (χ4n) is 3.10. The number of hydrogen-bond acceptors (Lipinski definition) is 6. The van der Waals surface area contributed by atoms with Gasteiger partial charge in [-0.05, 0) is 72.6 Å². The number of anilines is 2. The average Bonchev–Trinajstić information content (AvgIpc) is 2.83. The fourth-order valence-corrected chi connectivity index (χ4v) is 4.01. The molecule has 0 unspecified atom stereocenters. The summed E-state index contributed by atoms with van der Waals surface area (Å²) in [5.41, 5.74) is 4.55. The van der Waals surface area contributed by atoms with E-state index in [4.69, 9.17) is 4.74 Å². The van der Waals surface area contributed by atoms with Crippen molar-refractivity contribution in [1.82, 2.24) is 5.43 Å². The molecule has 0 aliphatic heterocycles. The Bertz CT molecular complexity index is 1340. The second-order valence-electron chi connectivity index (χ2n) is 7.76. The first-order valence-electron chi connectivity index (χ1n) is 10.8. The van der Waals surface area contributed by atoms with E-state index in [1.165, 1.54) is 30.5 Å². The van der Waals surface area contributed by atoms with Gasteiger partial charge in [0.2, 0.25) is 10.0 Å². The van der Waals surface area contributed by atoms with Crippen LogP contribution in [0.15, 0.2) is 77.9 Å². The van der Waals surface area contributed by atoms with Crippen molar-refractivity contribution in [3.63, 3.8) is 0 Å². The maximum absolute atomic E-state index is 12.9. The van der Waals surface area contributed by atoms with Crippen LogP contribution in [0.4, 0.5) is 15.8 Å². The van der Waals surface area contributed by atoms with Gasteiger partial charge >= 0.3 is 0 Å². The van der Waals surface area contributed by atoms with Crippen molar-refractivity contribution >= 4 is 39.4 Å². The molecule has 2 amide bonds. The zero-order valence-corrected chi connectivity index (χ0v) is 20.5. The van der Waals surface area contributed by atoms with Crippen LogP contribution in [-0.4, -0.2) is 45.9 Å². The summed E-state index contributed by atoms with van der Waals surface area (Å²) in [5.74, 6) is -0.964. The van der Waals surface area contributed by atoms with E-state index in [0.29, 0.717) is 22.7 Å². The summed E-state index contributed by atoms with van der Waals surface area (Å²) in [4.78, 5) is 24.3. The molecule has 0 spiro atoms. The van der Waals surface area contributed by atoms with Gasteiger partial charge in [0.1, 0.15) is 18.1 Å². The number of amides is 2. The SMILES string of the molecule is Cc1ccccc1N(CC(=O)N/N=C\c1ccc(OCC(=O)Nc2ccc(F)cc2)cc1)S(C)(=O)=O. The molecule has 9 nitrogen and oxygen atoms in total. The highest BCUT2D eigenvalue weighted by atomic mass is 32.2. The number of aryl methyl sites for hydroxylation is 1. The van der Waals surface area contributed by atoms with E-state index in [-0.39, 0.29) is 6.61 Å². The number of nitrogens with zero attached hydrogens (tertiary/aromatic N) is 2. The number of hydrogen-bond donors (Lipinski definition) is 2. The standard InChI is InChI=1S/C25H25FN4O5S/c1-18-5-3-4-6-23(18)30(36(2,33)34)16-24(31)29-27-15-19-7-13-22(14-8-19)35-17-25(32)28-21-11-9-20(26)10-12-21/h3-15H,16-17H2,1-2H3,(H,28,32)(H,29,31)/b27-15-. The number of sulfonamides is 1. The molecule has 0 saturated carbocycles. The molecule has 0 aliphatic carbocycles. The summed E-state index contributed by atoms with van der Waals surface area (Å²) in [6, 6.07) is 18.8. The van der Waals surface area contributed by atoms with Gasteiger partial charge in [0.05, 0.1) is 18.2 Å². The number of ether oxygens (including phenoxy) is 1. The van der Waals surface area contributed by atoms with Crippen LogP contribution in [0.3, 0.4) is 0 Å². The van der Waals surface area contributed by atoms with Crippen molar-refractivity contribution in [3.8, 4) is 5.75 Å². The number of para-hydroxylation sites is 1. The zero-order chi connectivity index (χ0) is 26.1. The van der Waals surface area contributed by atoms with Gasteiger partial charge in [-0.2, -0.15) is 5.10 Å². The Balaban J connectivity index is 1.50. The Morgan fingerprint density at radius 1 is 1.00 bits per heavy atom. The zero-order valence-electron chi connectivity index (χ0n) is 19.6. The normalized spacial score (nSPS) is 11.2. The highest BCUT2D eigenvalue weighted by molar-refractivity contribution is 7.92. The van der Waals surface area contributed by atoms with Gasteiger partial charge in [0.25, 0.3) is 11.8 Å². The lowest BCUT2D eigenvalue weighted by atomic mass is 10.2. The van der Waals surface area contributed by atoms with Crippen LogP contribution in [0, 0.1) is 12.7 Å². The van der Waals surface area contributed by atoms with Crippen molar-refractivity contribution in [3.05, 3.63) is 89.7 Å². The Morgan fingerprint density at radius 2 is 1.67 bits per heavy atom. The number of benzene rings is 3. The van der Waals surface area contributed by atoms with Gasteiger partial charge in [0, 0.05) is 5.69 Å². The summed E-state index contributed by atoms with van der Waals surface area (Å²) in [6.45, 7) is 1.10. The quantitative estimate of drug-likeness (QED) is 0.320. The summed E-state index contributed by atoms with van der Waals surface area (Å²) >= 11 is 0. The molecule has 0 aromatic heterocycles. The first-order valence-corrected chi connectivity index (χ1v) is 12.6. The lowest BCUT2D eigenvalue weighted by molar-refractivity contribution is -0.119. The van der Waals surface area contributed by atoms with E-state index in [1.54, 1.807) is 55.5 Å². The summed E-state index contributed by atoms with van der Waals surface area (Å²) < 4.78 is 43.8. The Hall–Kier alpha value is -4.25. The molecule has 3 aromatic carbocycles. The number of carbonyl (C=O) groups excluding carboxylic acids is 2. The number of halogens is 1. The molecular formula is C25H25FN4O5S. The smallest absolute Gasteiger partial charge is 0.262 e. The third-order valence-corrected chi connectivity index (χ3v) is 5.98. The molecule has 0 aliphatic rings. The molecule has 188 valence electrons. The maximum Gasteiger partial charge on any atom is 0.262 e. The van der Waals surface area contributed by atoms with Gasteiger partial charge in [-0.1, -0.05) is 18.2 Å². The Morgan fingerprint density at radius 3 is 2.31 bits per heavy atom. The monoisotopic (exact) mass is 512 g/mol. The Labute approximate surface area is 208 Å². The topological polar surface area (TPSA) is 117 Å². The predicted octanol–water partition coefficient (Wildman–Crippen LogP) is 3.07. The molecule has 0 heterocycles. The third kappa shape index (κ3) is 7.91. The summed E-state index contributed by atoms with van der Waals surface area (Å²) in [6.07, 6.45) is 2.42. The van der Waals surface area contributed by atoms with Gasteiger partial charge < -0.3 is 10.1 Å². The number of nitrogens with one attached hydrogen (secondary N) is 2. The molecule has 0 saturated heterocycles. The molecular weight excluding hydrogens is 487 g/mol. The van der Waals surface area contributed by atoms with E-state index in [9.17, 15) is 22.4 Å². The van der Waals surface area contributed by atoms with Crippen LogP contribution in [0.2, 0.25) is 0 Å². The fraction of sp³-hybridized carbons (Fsp3) is 0.160. The minimum atomic E-state index is -3.69. The molecule has 0 radical (unpaired) electrons. The highest BCUT2D eigenvalue weighted by Gasteiger charge is 2.21. The maximum atomic E-state index is 12.9. The average molecular weight is 513 g/mol. The number of hydrazone groups is 1. The molecule has 0 fully saturated rings. The van der Waals surface area contributed by atoms with Crippen LogP contribution in [0.25, 0.3) is 0 Å². The van der Waals surface area contributed by atoms with Gasteiger partial charge in [-0.3, -0.25) is 13.9 Å². The van der Waals surface area contributed by atoms with E-state index in [0.717, 1.165) is 16.1 Å². The van der Waals surface area contributed by atoms with E-state index < -0.39 is 34.2 Å². The second-order valence-corrected chi connectivity index (χ2v) is 9.67. The van der Waals surface area contributed by atoms with Gasteiger partial charge in [0.15, 0.2) is 6.61 Å². The van der Waals surface area contributed by atoms with Crippen LogP contribution in [0.1, 0.15) is 11.1 Å². The Kier molecular flexibility index (Phi) is 8.74. The molecule has 3 rings (SSSR count). The highest BCUT2D eigenvalue weighted by Crippen LogP contribution is 2.21. The van der Waals surface area contributed by atoms with Crippen LogP contribution < -0.4 is 19.8 Å². The minimum absolute atomic E-state index is 0.238. The van der Waals surface area contributed by atoms with Crippen molar-refractivity contribution in [1.29, 1.82) is 0 Å². The molecule has 0 atom stereocenters. The van der Waals surface area contributed by atoms with Crippen LogP contribution >= 0.6 is 0 Å². The van der Waals surface area contributed by atoms with Crippen molar-refractivity contribution in [2.24, 2.45) is 5.10 Å². The van der Waals surface area contributed by atoms with Crippen LogP contribution in [0.5, 0.6) is 5.75 Å². The number of carbonyl (C=O) groups is 2. The van der Waals surface area contributed by atoms with Gasteiger partial charge in [-0.15, -0.1) is 0 Å². The molecule has 0 bridgehead atoms. The van der Waals surface area contributed by atoms with Crippen molar-refractivity contribution in [2.45, 2.75) is 6.92 Å². The molecule has 36 heavy (non-hydrogen) atoms. The van der Waals surface area contributed by atoms with Gasteiger partial charge in [-0.25, -0.2) is 18.2 Å². The third-order valence-electron chi connectivity index (χ3n) is 4.85. The predicted molar refractivity (Wildman–Crippen MR) is 136 cm³/mol. The van der Waals surface area contributed by atoms with Crippen molar-refractivity contribution in [2.75, 3.05) is 29.0 Å². The first kappa shape index (κ1) is 26.4. The van der Waals surface area contributed by atoms with Crippen LogP contribution in [-0.2, 0) is 19.6 Å². The molecule has 2 N–H and O–H groups in total. The number of rotatable bonds is 10. The van der Waals surface area contributed by atoms with E-state index >= 15 is 0 Å². The lowest BCUT2D eigenvalue weighted by Crippen LogP contribution is -2.39. The van der Waals surface area contributed by atoms with E-state index in [1.807, 2.05) is 0 Å². The molecule has 11 heteroatoms. The second kappa shape index (κ2) is 11.9. The van der Waals surface area contributed by atoms with Crippen molar-refractivity contribution < 1.29 is 27.1 Å². The summed E-state index contributed by atoms with van der Waals surface area (Å²) in [5, 5.41) is 6.46. The van der Waals surface area contributed by atoms with E-state index in [2.05, 4.69) is 15.8 Å². The summed E-state index contributed by atoms with van der Waals surface area (Å²) in [7, 11) is -3.69. The first-order chi connectivity index (χ1) is 17.1.